The molecule has 0 N–H and O–H groups in total. The van der Waals surface area contributed by atoms with Gasteiger partial charge in [0.25, 0.3) is 0 Å². The molecule has 1 heterocycles. The van der Waals surface area contributed by atoms with Crippen LogP contribution in [0.5, 0.6) is 0 Å². The lowest BCUT2D eigenvalue weighted by Gasteiger charge is -2.02. The fourth-order valence-corrected chi connectivity index (χ4v) is 2.10. The first-order valence-electron chi connectivity index (χ1n) is 5.89. The van der Waals surface area contributed by atoms with E-state index in [1.807, 2.05) is 0 Å². The van der Waals surface area contributed by atoms with Crippen LogP contribution in [-0.4, -0.2) is 17.9 Å². The van der Waals surface area contributed by atoms with Crippen molar-refractivity contribution in [3.05, 3.63) is 47.0 Å². The second kappa shape index (κ2) is 5.20. The SMILES string of the molecule is C[Si](C)(C)C#Cc1cn(-c2ccc(F)cc2)nc1Cl. The topological polar surface area (TPSA) is 17.8 Å². The van der Waals surface area contributed by atoms with Crippen LogP contribution in [0.3, 0.4) is 0 Å². The van der Waals surface area contributed by atoms with E-state index < -0.39 is 8.07 Å². The zero-order valence-corrected chi connectivity index (χ0v) is 12.8. The number of halogens is 2. The molecule has 0 amide bonds. The van der Waals surface area contributed by atoms with Gasteiger partial charge in [0, 0.05) is 6.20 Å². The summed E-state index contributed by atoms with van der Waals surface area (Å²) in [6.07, 6.45) is 1.77. The predicted octanol–water partition coefficient (Wildman–Crippen LogP) is 3.89. The maximum atomic E-state index is 12.9. The Kier molecular flexibility index (Phi) is 3.79. The Labute approximate surface area is 118 Å². The summed E-state index contributed by atoms with van der Waals surface area (Å²) >= 11 is 6.06. The van der Waals surface area contributed by atoms with E-state index in [0.29, 0.717) is 10.7 Å². The van der Waals surface area contributed by atoms with Crippen LogP contribution in [0.25, 0.3) is 5.69 Å². The highest BCUT2D eigenvalue weighted by Crippen LogP contribution is 2.16. The molecule has 2 nitrogen and oxygen atoms in total. The van der Waals surface area contributed by atoms with Crippen LogP contribution in [0.4, 0.5) is 4.39 Å². The number of nitrogens with zero attached hydrogens (tertiary/aromatic N) is 2. The standard InChI is InChI=1S/C14H14ClFN2Si/c1-19(2,3)9-8-11-10-18(17-14(11)15)13-6-4-12(16)5-7-13/h4-7,10H,1-3H3. The number of rotatable bonds is 1. The third kappa shape index (κ3) is 3.69. The molecule has 0 atom stereocenters. The summed E-state index contributed by atoms with van der Waals surface area (Å²) in [4.78, 5) is 0. The normalized spacial score (nSPS) is 11.0. The highest BCUT2D eigenvalue weighted by molar-refractivity contribution is 6.83. The minimum absolute atomic E-state index is 0.277. The molecule has 0 bridgehead atoms. The van der Waals surface area contributed by atoms with Crippen molar-refractivity contribution in [1.29, 1.82) is 0 Å². The highest BCUT2D eigenvalue weighted by atomic mass is 35.5. The Balaban J connectivity index is 2.35. The Morgan fingerprint density at radius 2 is 1.84 bits per heavy atom. The lowest BCUT2D eigenvalue weighted by atomic mass is 10.3. The van der Waals surface area contributed by atoms with E-state index in [4.69, 9.17) is 11.6 Å². The van der Waals surface area contributed by atoms with Gasteiger partial charge in [0.1, 0.15) is 13.9 Å². The predicted molar refractivity (Wildman–Crippen MR) is 78.8 cm³/mol. The monoisotopic (exact) mass is 292 g/mol. The molecule has 0 unspecified atom stereocenters. The Morgan fingerprint density at radius 1 is 1.21 bits per heavy atom. The summed E-state index contributed by atoms with van der Waals surface area (Å²) in [5, 5.41) is 4.55. The van der Waals surface area contributed by atoms with E-state index in [0.717, 1.165) is 5.69 Å². The van der Waals surface area contributed by atoms with Gasteiger partial charge in [0.2, 0.25) is 0 Å². The highest BCUT2D eigenvalue weighted by Gasteiger charge is 2.10. The first-order valence-corrected chi connectivity index (χ1v) is 9.77. The molecule has 0 saturated heterocycles. The molecular formula is C14H14ClFN2Si. The third-order valence-electron chi connectivity index (χ3n) is 2.33. The largest absolute Gasteiger partial charge is 0.238 e. The minimum atomic E-state index is -1.45. The van der Waals surface area contributed by atoms with E-state index >= 15 is 0 Å². The molecule has 0 saturated carbocycles. The Morgan fingerprint density at radius 3 is 2.42 bits per heavy atom. The number of aromatic nitrogens is 2. The molecule has 0 spiro atoms. The van der Waals surface area contributed by atoms with Gasteiger partial charge in [0.05, 0.1) is 11.3 Å². The van der Waals surface area contributed by atoms with E-state index in [1.54, 1.807) is 23.0 Å². The molecular weight excluding hydrogens is 279 g/mol. The van der Waals surface area contributed by atoms with Crippen LogP contribution in [0.2, 0.25) is 24.8 Å². The van der Waals surface area contributed by atoms with Gasteiger partial charge in [-0.2, -0.15) is 5.10 Å². The molecule has 19 heavy (non-hydrogen) atoms. The van der Waals surface area contributed by atoms with Crippen molar-refractivity contribution in [3.8, 4) is 17.2 Å². The van der Waals surface area contributed by atoms with Crippen LogP contribution in [0.15, 0.2) is 30.5 Å². The molecule has 0 aliphatic carbocycles. The van der Waals surface area contributed by atoms with Gasteiger partial charge in [-0.05, 0) is 24.3 Å². The zero-order valence-electron chi connectivity index (χ0n) is 11.0. The fraction of sp³-hybridized carbons (Fsp3) is 0.214. The van der Waals surface area contributed by atoms with Crippen LogP contribution in [0.1, 0.15) is 5.56 Å². The quantitative estimate of drug-likeness (QED) is 0.576. The van der Waals surface area contributed by atoms with Crippen molar-refractivity contribution in [2.45, 2.75) is 19.6 Å². The van der Waals surface area contributed by atoms with Crippen LogP contribution in [-0.2, 0) is 0 Å². The molecule has 2 aromatic rings. The molecule has 1 aromatic carbocycles. The van der Waals surface area contributed by atoms with Gasteiger partial charge in [0.15, 0.2) is 5.15 Å². The van der Waals surface area contributed by atoms with Crippen molar-refractivity contribution >= 4 is 19.7 Å². The Hall–Kier alpha value is -1.57. The summed E-state index contributed by atoms with van der Waals surface area (Å²) in [5.41, 5.74) is 4.70. The Bertz CT molecular complexity index is 645. The molecule has 0 fully saturated rings. The van der Waals surface area contributed by atoms with Gasteiger partial charge in [-0.15, -0.1) is 5.54 Å². The number of benzene rings is 1. The van der Waals surface area contributed by atoms with Crippen LogP contribution in [0, 0.1) is 17.3 Å². The van der Waals surface area contributed by atoms with Crippen LogP contribution >= 0.6 is 11.6 Å². The third-order valence-corrected chi connectivity index (χ3v) is 3.49. The van der Waals surface area contributed by atoms with E-state index in [-0.39, 0.29) is 5.82 Å². The summed E-state index contributed by atoms with van der Waals surface area (Å²) in [6, 6.07) is 6.07. The van der Waals surface area contributed by atoms with Gasteiger partial charge in [-0.3, -0.25) is 0 Å². The lowest BCUT2D eigenvalue weighted by Crippen LogP contribution is -2.16. The summed E-state index contributed by atoms with van der Waals surface area (Å²) in [5.74, 6) is 2.80. The first kappa shape index (κ1) is 13.8. The van der Waals surface area contributed by atoms with Gasteiger partial charge in [-0.1, -0.05) is 37.2 Å². The molecule has 2 rings (SSSR count). The maximum Gasteiger partial charge on any atom is 0.167 e. The summed E-state index contributed by atoms with van der Waals surface area (Å²) in [7, 11) is -1.45. The van der Waals surface area contributed by atoms with E-state index in [9.17, 15) is 4.39 Å². The molecule has 1 aromatic heterocycles. The molecule has 5 heteroatoms. The molecule has 98 valence electrons. The average molecular weight is 293 g/mol. The van der Waals surface area contributed by atoms with Gasteiger partial charge in [-0.25, -0.2) is 9.07 Å². The smallest absolute Gasteiger partial charge is 0.167 e. The number of hydrogen-bond acceptors (Lipinski definition) is 1. The van der Waals surface area contributed by atoms with E-state index in [1.165, 1.54) is 12.1 Å². The van der Waals surface area contributed by atoms with Crippen molar-refractivity contribution in [1.82, 2.24) is 9.78 Å². The van der Waals surface area contributed by atoms with Crippen molar-refractivity contribution in [3.63, 3.8) is 0 Å². The molecule has 0 aliphatic heterocycles. The van der Waals surface area contributed by atoms with Crippen molar-refractivity contribution < 1.29 is 4.39 Å². The average Bonchev–Trinajstić information content (AvgIpc) is 2.68. The first-order chi connectivity index (χ1) is 8.85. The van der Waals surface area contributed by atoms with E-state index in [2.05, 4.69) is 36.2 Å². The lowest BCUT2D eigenvalue weighted by molar-refractivity contribution is 0.627. The van der Waals surface area contributed by atoms with Gasteiger partial charge >= 0.3 is 0 Å². The van der Waals surface area contributed by atoms with Gasteiger partial charge < -0.3 is 0 Å². The summed E-state index contributed by atoms with van der Waals surface area (Å²) in [6.45, 7) is 6.49. The minimum Gasteiger partial charge on any atom is -0.238 e. The summed E-state index contributed by atoms with van der Waals surface area (Å²) < 4.78 is 14.5. The second-order valence-corrected chi connectivity index (χ2v) is 10.4. The number of hydrogen-bond donors (Lipinski definition) is 0. The maximum absolute atomic E-state index is 12.9. The van der Waals surface area contributed by atoms with Crippen LogP contribution < -0.4 is 0 Å². The fourth-order valence-electron chi connectivity index (χ4n) is 1.42. The second-order valence-electron chi connectivity index (χ2n) is 5.25. The van der Waals surface area contributed by atoms with Crippen molar-refractivity contribution in [2.75, 3.05) is 0 Å². The molecule has 0 aliphatic rings. The zero-order chi connectivity index (χ0) is 14.0. The molecule has 0 radical (unpaired) electrons. The van der Waals surface area contributed by atoms with Crippen molar-refractivity contribution in [2.24, 2.45) is 0 Å².